The quantitative estimate of drug-likeness (QED) is 0.447. The Balaban J connectivity index is 4.25. The third-order valence-corrected chi connectivity index (χ3v) is 1.87. The fourth-order valence-electron chi connectivity index (χ4n) is 0.871. The van der Waals surface area contributed by atoms with Gasteiger partial charge in [-0.1, -0.05) is 12.7 Å². The first-order chi connectivity index (χ1) is 7.80. The van der Waals surface area contributed by atoms with Crippen LogP contribution in [0.1, 0.15) is 20.8 Å². The summed E-state index contributed by atoms with van der Waals surface area (Å²) < 4.78 is 9.81. The Morgan fingerprint density at radius 3 is 2.47 bits per heavy atom. The topological polar surface area (TPSA) is 64.6 Å². The van der Waals surface area contributed by atoms with Gasteiger partial charge in [-0.05, 0) is 20.8 Å². The van der Waals surface area contributed by atoms with Crippen LogP contribution in [0.2, 0.25) is 0 Å². The number of hydrogen-bond acceptors (Lipinski definition) is 5. The maximum Gasteiger partial charge on any atom is 0.408 e. The minimum atomic E-state index is -0.826. The van der Waals surface area contributed by atoms with Gasteiger partial charge in [0.15, 0.2) is 0 Å². The normalized spacial score (nSPS) is 12.5. The van der Waals surface area contributed by atoms with Crippen LogP contribution in [-0.4, -0.2) is 36.1 Å². The van der Waals surface area contributed by atoms with Gasteiger partial charge in [0.1, 0.15) is 18.2 Å². The van der Waals surface area contributed by atoms with Crippen molar-refractivity contribution < 1.29 is 19.1 Å². The summed E-state index contributed by atoms with van der Waals surface area (Å²) in [5.41, 5.74) is -0.615. The molecule has 0 aromatic heterocycles. The molecule has 1 atom stereocenters. The highest BCUT2D eigenvalue weighted by Crippen LogP contribution is 2.07. The Bertz CT molecular complexity index is 286. The Kier molecular flexibility index (Phi) is 6.72. The molecule has 0 spiro atoms. The molecule has 5 nitrogen and oxygen atoms in total. The number of carbonyl (C=O) groups is 2. The lowest BCUT2D eigenvalue weighted by molar-refractivity contribution is -0.144. The van der Waals surface area contributed by atoms with Crippen LogP contribution in [0.25, 0.3) is 0 Å². The minimum absolute atomic E-state index is 0.0963. The number of nitrogens with one attached hydrogen (secondary N) is 1. The molecule has 0 fully saturated rings. The van der Waals surface area contributed by atoms with Gasteiger partial charge in [-0.2, -0.15) is 12.6 Å². The van der Waals surface area contributed by atoms with E-state index in [1.165, 1.54) is 6.08 Å². The summed E-state index contributed by atoms with van der Waals surface area (Å²) in [5, 5.41) is 2.39. The molecule has 98 valence electrons. The number of hydrogen-bond donors (Lipinski definition) is 2. The summed E-state index contributed by atoms with van der Waals surface area (Å²) in [7, 11) is 0. The van der Waals surface area contributed by atoms with Crippen LogP contribution >= 0.6 is 12.6 Å². The third kappa shape index (κ3) is 7.68. The first-order valence-corrected chi connectivity index (χ1v) is 5.81. The zero-order valence-corrected chi connectivity index (χ0v) is 11.3. The Morgan fingerprint density at radius 1 is 1.47 bits per heavy atom. The zero-order chi connectivity index (χ0) is 13.5. The van der Waals surface area contributed by atoms with Crippen molar-refractivity contribution in [3.05, 3.63) is 12.7 Å². The monoisotopic (exact) mass is 261 g/mol. The smallest absolute Gasteiger partial charge is 0.408 e. The maximum absolute atomic E-state index is 11.4. The van der Waals surface area contributed by atoms with E-state index in [-0.39, 0.29) is 12.4 Å². The number of amides is 1. The van der Waals surface area contributed by atoms with Crippen LogP contribution in [0.15, 0.2) is 12.7 Å². The molecule has 0 aromatic carbocycles. The molecule has 0 saturated heterocycles. The van der Waals surface area contributed by atoms with E-state index in [4.69, 9.17) is 9.47 Å². The van der Waals surface area contributed by atoms with Gasteiger partial charge in [-0.3, -0.25) is 0 Å². The SMILES string of the molecule is C=CCOC(=O)C(CS)NC(=O)OC(C)(C)C. The Morgan fingerprint density at radius 2 is 2.06 bits per heavy atom. The van der Waals surface area contributed by atoms with E-state index in [0.717, 1.165) is 0 Å². The second kappa shape index (κ2) is 7.21. The predicted octanol–water partition coefficient (Wildman–Crippen LogP) is 1.54. The van der Waals surface area contributed by atoms with Gasteiger partial charge in [0, 0.05) is 5.75 Å². The highest BCUT2D eigenvalue weighted by molar-refractivity contribution is 7.80. The van der Waals surface area contributed by atoms with Crippen molar-refractivity contribution in [1.29, 1.82) is 0 Å². The summed E-state index contributed by atoms with van der Waals surface area (Å²) in [6, 6.07) is -0.826. The number of carbonyl (C=O) groups excluding carboxylic acids is 2. The van der Waals surface area contributed by atoms with Crippen molar-refractivity contribution >= 4 is 24.7 Å². The molecule has 1 N–H and O–H groups in total. The van der Waals surface area contributed by atoms with Crippen LogP contribution in [-0.2, 0) is 14.3 Å². The molecule has 1 unspecified atom stereocenters. The second-order valence-electron chi connectivity index (χ2n) is 4.30. The number of ether oxygens (including phenoxy) is 2. The van der Waals surface area contributed by atoms with Crippen LogP contribution in [0, 0.1) is 0 Å². The predicted molar refractivity (Wildman–Crippen MR) is 68.2 cm³/mol. The standard InChI is InChI=1S/C11H19NO4S/c1-5-6-15-9(13)8(7-17)12-10(14)16-11(2,3)4/h5,8,17H,1,6-7H2,2-4H3,(H,12,14). The molecular formula is C11H19NO4S. The first-order valence-electron chi connectivity index (χ1n) is 5.18. The van der Waals surface area contributed by atoms with E-state index in [9.17, 15) is 9.59 Å². The van der Waals surface area contributed by atoms with Gasteiger partial charge < -0.3 is 14.8 Å². The van der Waals surface area contributed by atoms with Crippen molar-refractivity contribution in [2.75, 3.05) is 12.4 Å². The molecule has 17 heavy (non-hydrogen) atoms. The Hall–Kier alpha value is -1.17. The summed E-state index contributed by atoms with van der Waals surface area (Å²) >= 11 is 3.97. The summed E-state index contributed by atoms with van der Waals surface area (Å²) in [4.78, 5) is 22.9. The van der Waals surface area contributed by atoms with Crippen LogP contribution in [0.4, 0.5) is 4.79 Å². The van der Waals surface area contributed by atoms with E-state index in [1.54, 1.807) is 20.8 Å². The maximum atomic E-state index is 11.4. The molecule has 0 aliphatic rings. The van der Waals surface area contributed by atoms with Crippen LogP contribution in [0.5, 0.6) is 0 Å². The van der Waals surface area contributed by atoms with Gasteiger partial charge in [-0.15, -0.1) is 0 Å². The molecular weight excluding hydrogens is 242 g/mol. The first kappa shape index (κ1) is 15.8. The lowest BCUT2D eigenvalue weighted by Gasteiger charge is -2.22. The van der Waals surface area contributed by atoms with Crippen molar-refractivity contribution in [2.45, 2.75) is 32.4 Å². The van der Waals surface area contributed by atoms with E-state index in [1.807, 2.05) is 0 Å². The molecule has 0 aliphatic carbocycles. The van der Waals surface area contributed by atoms with Crippen LogP contribution < -0.4 is 5.32 Å². The average Bonchev–Trinajstić information content (AvgIpc) is 2.19. The molecule has 1 amide bonds. The summed E-state index contributed by atoms with van der Waals surface area (Å²) in [6.45, 7) is 8.72. The van der Waals surface area contributed by atoms with E-state index >= 15 is 0 Å². The molecule has 0 heterocycles. The Labute approximate surface area is 107 Å². The van der Waals surface area contributed by atoms with Crippen molar-refractivity contribution in [3.8, 4) is 0 Å². The molecule has 0 radical (unpaired) electrons. The largest absolute Gasteiger partial charge is 0.460 e. The van der Waals surface area contributed by atoms with E-state index in [2.05, 4.69) is 24.5 Å². The summed E-state index contributed by atoms with van der Waals surface area (Å²) in [6.07, 6.45) is 0.771. The highest BCUT2D eigenvalue weighted by Gasteiger charge is 2.24. The number of thiol groups is 1. The third-order valence-electron chi connectivity index (χ3n) is 1.50. The molecule has 0 rings (SSSR count). The fourth-order valence-corrected chi connectivity index (χ4v) is 1.11. The van der Waals surface area contributed by atoms with E-state index in [0.29, 0.717) is 0 Å². The molecule has 0 bridgehead atoms. The fraction of sp³-hybridized carbons (Fsp3) is 0.636. The van der Waals surface area contributed by atoms with Gasteiger partial charge in [-0.25, -0.2) is 9.59 Å². The number of alkyl carbamates (subject to hydrolysis) is 1. The number of rotatable bonds is 5. The molecule has 0 saturated carbocycles. The van der Waals surface area contributed by atoms with Crippen molar-refractivity contribution in [3.63, 3.8) is 0 Å². The van der Waals surface area contributed by atoms with Crippen molar-refractivity contribution in [1.82, 2.24) is 5.32 Å². The highest BCUT2D eigenvalue weighted by atomic mass is 32.1. The van der Waals surface area contributed by atoms with Gasteiger partial charge >= 0.3 is 12.1 Å². The van der Waals surface area contributed by atoms with E-state index < -0.39 is 23.7 Å². The molecule has 0 aliphatic heterocycles. The molecule has 0 aromatic rings. The van der Waals surface area contributed by atoms with Gasteiger partial charge in [0.2, 0.25) is 0 Å². The second-order valence-corrected chi connectivity index (χ2v) is 4.67. The minimum Gasteiger partial charge on any atom is -0.460 e. The van der Waals surface area contributed by atoms with Crippen LogP contribution in [0.3, 0.4) is 0 Å². The number of esters is 1. The van der Waals surface area contributed by atoms with Gasteiger partial charge in [0.05, 0.1) is 0 Å². The zero-order valence-electron chi connectivity index (χ0n) is 10.4. The van der Waals surface area contributed by atoms with Gasteiger partial charge in [0.25, 0.3) is 0 Å². The average molecular weight is 261 g/mol. The molecule has 6 heteroatoms. The lowest BCUT2D eigenvalue weighted by atomic mass is 10.2. The lowest BCUT2D eigenvalue weighted by Crippen LogP contribution is -2.45. The summed E-state index contributed by atoms with van der Waals surface area (Å²) in [5.74, 6) is -0.430. The van der Waals surface area contributed by atoms with Crippen molar-refractivity contribution in [2.24, 2.45) is 0 Å².